The van der Waals surface area contributed by atoms with Gasteiger partial charge in [0.05, 0.1) is 0 Å². The number of hydrogen-bond acceptors (Lipinski definition) is 0. The Bertz CT molecular complexity index is 342. The number of rotatable bonds is 1. The minimum absolute atomic E-state index is 0.264. The monoisotopic (exact) mass is 166 g/mol. The summed E-state index contributed by atoms with van der Waals surface area (Å²) in [5.41, 5.74) is 1.93. The van der Waals surface area contributed by atoms with Crippen molar-refractivity contribution < 1.29 is 8.78 Å². The van der Waals surface area contributed by atoms with Crippen molar-refractivity contribution in [1.82, 2.24) is 0 Å². The van der Waals surface area contributed by atoms with Gasteiger partial charge in [-0.2, -0.15) is 0 Å². The molecule has 0 aromatic heterocycles. The molecule has 0 unspecified atom stereocenters. The highest BCUT2D eigenvalue weighted by molar-refractivity contribution is 5.39. The summed E-state index contributed by atoms with van der Waals surface area (Å²) in [6.45, 7) is 3.76. The molecule has 0 amide bonds. The Morgan fingerprint density at radius 2 is 1.92 bits per heavy atom. The molecule has 1 aliphatic carbocycles. The van der Waals surface area contributed by atoms with Gasteiger partial charge in [-0.05, 0) is 24.1 Å². The summed E-state index contributed by atoms with van der Waals surface area (Å²) in [4.78, 5) is 0. The summed E-state index contributed by atoms with van der Waals surface area (Å²) in [5, 5.41) is 0. The highest BCUT2D eigenvalue weighted by atomic mass is 19.2. The molecule has 0 bridgehead atoms. The molecule has 1 aromatic rings. The molecule has 0 heterocycles. The highest BCUT2D eigenvalue weighted by Crippen LogP contribution is 2.45. The molecular formula is C10H8F2. The van der Waals surface area contributed by atoms with Gasteiger partial charge in [-0.15, -0.1) is 0 Å². The molecule has 1 fully saturated rings. The summed E-state index contributed by atoms with van der Waals surface area (Å²) in [6.07, 6.45) is 0.908. The average molecular weight is 166 g/mol. The van der Waals surface area contributed by atoms with E-state index >= 15 is 0 Å². The molecule has 62 valence electrons. The minimum atomic E-state index is -0.787. The van der Waals surface area contributed by atoms with E-state index in [1.54, 1.807) is 6.07 Å². The molecule has 0 aliphatic heterocycles. The van der Waals surface area contributed by atoms with Crippen molar-refractivity contribution in [2.45, 2.75) is 12.3 Å². The first kappa shape index (κ1) is 7.47. The fourth-order valence-corrected chi connectivity index (χ4v) is 1.29. The predicted octanol–water partition coefficient (Wildman–Crippen LogP) is 3.01. The van der Waals surface area contributed by atoms with Crippen LogP contribution in [0.1, 0.15) is 17.9 Å². The van der Waals surface area contributed by atoms with Crippen LogP contribution in [0.4, 0.5) is 8.78 Å². The van der Waals surface area contributed by atoms with Crippen LogP contribution < -0.4 is 0 Å². The Kier molecular flexibility index (Phi) is 1.50. The van der Waals surface area contributed by atoms with Gasteiger partial charge in [0.2, 0.25) is 0 Å². The zero-order valence-electron chi connectivity index (χ0n) is 6.48. The fourth-order valence-electron chi connectivity index (χ4n) is 1.29. The summed E-state index contributed by atoms with van der Waals surface area (Å²) in [7, 11) is 0. The van der Waals surface area contributed by atoms with Crippen molar-refractivity contribution in [3.63, 3.8) is 0 Å². The lowest BCUT2D eigenvalue weighted by Crippen LogP contribution is -1.86. The number of halogens is 2. The lowest BCUT2D eigenvalue weighted by atomic mass is 10.1. The van der Waals surface area contributed by atoms with Gasteiger partial charge in [0.15, 0.2) is 11.6 Å². The highest BCUT2D eigenvalue weighted by Gasteiger charge is 2.29. The SMILES string of the molecule is C=C1C[C@H]1c1ccc(F)c(F)c1. The van der Waals surface area contributed by atoms with E-state index in [1.165, 1.54) is 6.07 Å². The molecule has 12 heavy (non-hydrogen) atoms. The maximum atomic E-state index is 12.7. The molecule has 0 saturated heterocycles. The van der Waals surface area contributed by atoms with E-state index in [0.717, 1.165) is 23.6 Å². The molecule has 2 rings (SSSR count). The summed E-state index contributed by atoms with van der Waals surface area (Å²) < 4.78 is 25.2. The van der Waals surface area contributed by atoms with E-state index in [1.807, 2.05) is 0 Å². The zero-order chi connectivity index (χ0) is 8.72. The maximum Gasteiger partial charge on any atom is 0.159 e. The summed E-state index contributed by atoms with van der Waals surface area (Å²) in [6, 6.07) is 4.02. The van der Waals surface area contributed by atoms with Crippen LogP contribution in [0.15, 0.2) is 30.4 Å². The Labute approximate surface area is 69.5 Å². The molecule has 1 atom stereocenters. The molecule has 0 N–H and O–H groups in total. The molecule has 0 spiro atoms. The summed E-state index contributed by atoms with van der Waals surface area (Å²) >= 11 is 0. The second kappa shape index (κ2) is 2.41. The van der Waals surface area contributed by atoms with Crippen LogP contribution >= 0.6 is 0 Å². The van der Waals surface area contributed by atoms with Crippen LogP contribution in [0.5, 0.6) is 0 Å². The Hall–Kier alpha value is -1.18. The molecular weight excluding hydrogens is 158 g/mol. The van der Waals surface area contributed by atoms with Crippen LogP contribution in [0.25, 0.3) is 0 Å². The van der Waals surface area contributed by atoms with E-state index in [4.69, 9.17) is 0 Å². The number of hydrogen-bond donors (Lipinski definition) is 0. The first-order valence-corrected chi connectivity index (χ1v) is 3.81. The van der Waals surface area contributed by atoms with E-state index < -0.39 is 11.6 Å². The van der Waals surface area contributed by atoms with Gasteiger partial charge >= 0.3 is 0 Å². The lowest BCUT2D eigenvalue weighted by Gasteiger charge is -1.97. The second-order valence-corrected chi connectivity index (χ2v) is 3.09. The van der Waals surface area contributed by atoms with Gasteiger partial charge in [0.1, 0.15) is 0 Å². The first-order chi connectivity index (χ1) is 5.68. The van der Waals surface area contributed by atoms with Crippen LogP contribution in [0.2, 0.25) is 0 Å². The average Bonchev–Trinajstić information content (AvgIpc) is 2.73. The van der Waals surface area contributed by atoms with Gasteiger partial charge in [-0.3, -0.25) is 0 Å². The Balaban J connectivity index is 2.35. The van der Waals surface area contributed by atoms with Gasteiger partial charge < -0.3 is 0 Å². The number of allylic oxidation sites excluding steroid dienone is 1. The standard InChI is InChI=1S/C10H8F2/c1-6-4-8(6)7-2-3-9(11)10(12)5-7/h2-3,5,8H,1,4H2/t8-/m1/s1. The fraction of sp³-hybridized carbons (Fsp3) is 0.200. The van der Waals surface area contributed by atoms with Gasteiger partial charge in [-0.1, -0.05) is 18.2 Å². The number of benzene rings is 1. The van der Waals surface area contributed by atoms with Crippen LogP contribution in [0, 0.1) is 11.6 Å². The zero-order valence-corrected chi connectivity index (χ0v) is 6.48. The van der Waals surface area contributed by atoms with Crippen molar-refractivity contribution in [2.75, 3.05) is 0 Å². The third-order valence-corrected chi connectivity index (χ3v) is 2.15. The van der Waals surface area contributed by atoms with Gasteiger partial charge in [-0.25, -0.2) is 8.78 Å². The van der Waals surface area contributed by atoms with E-state index in [0.29, 0.717) is 0 Å². The Morgan fingerprint density at radius 3 is 2.42 bits per heavy atom. The third-order valence-electron chi connectivity index (χ3n) is 2.15. The molecule has 1 aromatic carbocycles. The lowest BCUT2D eigenvalue weighted by molar-refractivity contribution is 0.507. The maximum absolute atomic E-state index is 12.7. The van der Waals surface area contributed by atoms with Crippen LogP contribution in [0.3, 0.4) is 0 Å². The third kappa shape index (κ3) is 1.13. The van der Waals surface area contributed by atoms with Crippen molar-refractivity contribution in [3.8, 4) is 0 Å². The molecule has 0 radical (unpaired) electrons. The smallest absolute Gasteiger partial charge is 0.159 e. The molecule has 0 nitrogen and oxygen atoms in total. The Morgan fingerprint density at radius 1 is 1.25 bits per heavy atom. The van der Waals surface area contributed by atoms with E-state index in [-0.39, 0.29) is 5.92 Å². The van der Waals surface area contributed by atoms with E-state index in [2.05, 4.69) is 6.58 Å². The second-order valence-electron chi connectivity index (χ2n) is 3.09. The van der Waals surface area contributed by atoms with Crippen molar-refractivity contribution in [1.29, 1.82) is 0 Å². The van der Waals surface area contributed by atoms with Crippen LogP contribution in [-0.4, -0.2) is 0 Å². The van der Waals surface area contributed by atoms with Gasteiger partial charge in [0.25, 0.3) is 0 Å². The summed E-state index contributed by atoms with van der Waals surface area (Å²) in [5.74, 6) is -1.29. The first-order valence-electron chi connectivity index (χ1n) is 3.81. The van der Waals surface area contributed by atoms with Gasteiger partial charge in [0, 0.05) is 5.92 Å². The normalized spacial score (nSPS) is 21.2. The van der Waals surface area contributed by atoms with Crippen molar-refractivity contribution in [2.24, 2.45) is 0 Å². The van der Waals surface area contributed by atoms with E-state index in [9.17, 15) is 8.78 Å². The van der Waals surface area contributed by atoms with Crippen molar-refractivity contribution in [3.05, 3.63) is 47.5 Å². The molecule has 1 aliphatic rings. The van der Waals surface area contributed by atoms with Crippen molar-refractivity contribution >= 4 is 0 Å². The quantitative estimate of drug-likeness (QED) is 0.562. The molecule has 1 saturated carbocycles. The predicted molar refractivity (Wildman–Crippen MR) is 42.9 cm³/mol. The molecule has 2 heteroatoms. The largest absolute Gasteiger partial charge is 0.204 e. The minimum Gasteiger partial charge on any atom is -0.204 e. The topological polar surface area (TPSA) is 0 Å². The van der Waals surface area contributed by atoms with Crippen LogP contribution in [-0.2, 0) is 0 Å².